The Kier molecular flexibility index (Phi) is 5.61. The maximum Gasteiger partial charge on any atom is 0.221 e. The molecule has 0 spiro atoms. The highest BCUT2D eigenvalue weighted by molar-refractivity contribution is 5.89. The molecule has 0 aliphatic heterocycles. The maximum atomic E-state index is 13.0. The molecule has 0 unspecified atom stereocenters. The number of halogens is 1. The van der Waals surface area contributed by atoms with E-state index in [-0.39, 0.29) is 11.7 Å². The molecule has 1 amide bonds. The standard InChI is InChI=1S/C20H20FN5O/c1-13-23-19(22-12-15-6-8-16(21)9-7-15)11-20(24-13)26-18-5-3-4-17(10-18)25-14(2)27/h3-11H,12H2,1-2H3,(H,25,27)(H2,22,23,24,26). The summed E-state index contributed by atoms with van der Waals surface area (Å²) < 4.78 is 13.0. The maximum absolute atomic E-state index is 13.0. The van der Waals surface area contributed by atoms with Crippen molar-refractivity contribution in [3.05, 3.63) is 71.8 Å². The minimum atomic E-state index is -0.260. The molecule has 3 aromatic rings. The molecule has 0 aliphatic carbocycles. The van der Waals surface area contributed by atoms with Gasteiger partial charge in [-0.25, -0.2) is 14.4 Å². The van der Waals surface area contributed by atoms with Crippen LogP contribution < -0.4 is 16.0 Å². The molecule has 0 saturated carbocycles. The average Bonchev–Trinajstić information content (AvgIpc) is 2.60. The monoisotopic (exact) mass is 365 g/mol. The summed E-state index contributed by atoms with van der Waals surface area (Å²) >= 11 is 0. The molecule has 3 N–H and O–H groups in total. The average molecular weight is 365 g/mol. The molecule has 0 atom stereocenters. The first kappa shape index (κ1) is 18.3. The number of aromatic nitrogens is 2. The second-order valence-corrected chi connectivity index (χ2v) is 6.05. The van der Waals surface area contributed by atoms with Crippen LogP contribution in [0.3, 0.4) is 0 Å². The topological polar surface area (TPSA) is 78.9 Å². The number of carbonyl (C=O) groups is 1. The normalized spacial score (nSPS) is 10.3. The lowest BCUT2D eigenvalue weighted by Gasteiger charge is -2.11. The Labute approximate surface area is 156 Å². The molecular weight excluding hydrogens is 345 g/mol. The highest BCUT2D eigenvalue weighted by Crippen LogP contribution is 2.21. The predicted molar refractivity (Wildman–Crippen MR) is 105 cm³/mol. The highest BCUT2D eigenvalue weighted by Gasteiger charge is 2.04. The Morgan fingerprint density at radius 2 is 1.70 bits per heavy atom. The van der Waals surface area contributed by atoms with Crippen LogP contribution in [-0.2, 0) is 11.3 Å². The Hall–Kier alpha value is -3.48. The predicted octanol–water partition coefficient (Wildman–Crippen LogP) is 4.24. The van der Waals surface area contributed by atoms with Crippen LogP contribution in [0.2, 0.25) is 0 Å². The molecule has 0 aliphatic rings. The molecule has 0 fully saturated rings. The number of rotatable bonds is 6. The van der Waals surface area contributed by atoms with Crippen molar-refractivity contribution in [2.45, 2.75) is 20.4 Å². The van der Waals surface area contributed by atoms with Gasteiger partial charge in [-0.1, -0.05) is 18.2 Å². The van der Waals surface area contributed by atoms with Crippen molar-refractivity contribution in [3.63, 3.8) is 0 Å². The molecule has 138 valence electrons. The zero-order chi connectivity index (χ0) is 19.2. The van der Waals surface area contributed by atoms with Gasteiger partial charge in [-0.05, 0) is 42.8 Å². The number of amides is 1. The molecular formula is C20H20FN5O. The van der Waals surface area contributed by atoms with Crippen LogP contribution >= 0.6 is 0 Å². The quantitative estimate of drug-likeness (QED) is 0.609. The first-order valence-electron chi connectivity index (χ1n) is 8.46. The van der Waals surface area contributed by atoms with Gasteiger partial charge >= 0.3 is 0 Å². The Bertz CT molecular complexity index is 943. The number of anilines is 4. The summed E-state index contributed by atoms with van der Waals surface area (Å²) in [7, 11) is 0. The molecule has 27 heavy (non-hydrogen) atoms. The first-order chi connectivity index (χ1) is 13.0. The lowest BCUT2D eigenvalue weighted by atomic mass is 10.2. The van der Waals surface area contributed by atoms with Crippen molar-refractivity contribution >= 4 is 28.9 Å². The van der Waals surface area contributed by atoms with E-state index in [1.54, 1.807) is 18.2 Å². The van der Waals surface area contributed by atoms with E-state index >= 15 is 0 Å². The summed E-state index contributed by atoms with van der Waals surface area (Å²) in [5.74, 6) is 1.51. The molecule has 2 aromatic carbocycles. The fourth-order valence-electron chi connectivity index (χ4n) is 2.54. The molecule has 0 saturated heterocycles. The van der Waals surface area contributed by atoms with Gasteiger partial charge in [-0.3, -0.25) is 4.79 Å². The molecule has 0 radical (unpaired) electrons. The van der Waals surface area contributed by atoms with Gasteiger partial charge in [0.2, 0.25) is 5.91 Å². The zero-order valence-electron chi connectivity index (χ0n) is 15.1. The Morgan fingerprint density at radius 1 is 1.00 bits per heavy atom. The van der Waals surface area contributed by atoms with Gasteiger partial charge in [0.25, 0.3) is 0 Å². The van der Waals surface area contributed by atoms with Gasteiger partial charge in [-0.2, -0.15) is 0 Å². The van der Waals surface area contributed by atoms with Crippen molar-refractivity contribution < 1.29 is 9.18 Å². The van der Waals surface area contributed by atoms with E-state index in [9.17, 15) is 9.18 Å². The van der Waals surface area contributed by atoms with Gasteiger partial charge in [0.15, 0.2) is 0 Å². The van der Waals surface area contributed by atoms with Gasteiger partial charge in [0.05, 0.1) is 0 Å². The SMILES string of the molecule is CC(=O)Nc1cccc(Nc2cc(NCc3ccc(F)cc3)nc(C)n2)c1. The van der Waals surface area contributed by atoms with Crippen LogP contribution in [0.4, 0.5) is 27.4 Å². The van der Waals surface area contributed by atoms with Crippen LogP contribution in [-0.4, -0.2) is 15.9 Å². The summed E-state index contributed by atoms with van der Waals surface area (Å²) in [4.78, 5) is 20.0. The Morgan fingerprint density at radius 3 is 2.44 bits per heavy atom. The lowest BCUT2D eigenvalue weighted by Crippen LogP contribution is -2.06. The van der Waals surface area contributed by atoms with Crippen molar-refractivity contribution in [2.24, 2.45) is 0 Å². The second kappa shape index (κ2) is 8.27. The van der Waals surface area contributed by atoms with E-state index in [1.807, 2.05) is 31.2 Å². The van der Waals surface area contributed by atoms with Crippen LogP contribution in [0.25, 0.3) is 0 Å². The molecule has 0 bridgehead atoms. The van der Waals surface area contributed by atoms with E-state index in [0.717, 1.165) is 11.3 Å². The Balaban J connectivity index is 1.71. The van der Waals surface area contributed by atoms with Crippen molar-refractivity contribution in [3.8, 4) is 0 Å². The van der Waals surface area contributed by atoms with Gasteiger partial charge in [0.1, 0.15) is 23.3 Å². The number of aryl methyl sites for hydroxylation is 1. The van der Waals surface area contributed by atoms with E-state index in [4.69, 9.17) is 0 Å². The molecule has 7 heteroatoms. The van der Waals surface area contributed by atoms with Crippen molar-refractivity contribution in [1.82, 2.24) is 9.97 Å². The number of hydrogen-bond acceptors (Lipinski definition) is 5. The van der Waals surface area contributed by atoms with E-state index in [0.29, 0.717) is 29.7 Å². The van der Waals surface area contributed by atoms with E-state index < -0.39 is 0 Å². The minimum absolute atomic E-state index is 0.127. The molecule has 1 aromatic heterocycles. The van der Waals surface area contributed by atoms with Gasteiger partial charge in [-0.15, -0.1) is 0 Å². The van der Waals surface area contributed by atoms with Crippen molar-refractivity contribution in [2.75, 3.05) is 16.0 Å². The fraction of sp³-hybridized carbons (Fsp3) is 0.150. The lowest BCUT2D eigenvalue weighted by molar-refractivity contribution is -0.114. The third-order valence-corrected chi connectivity index (χ3v) is 3.68. The van der Waals surface area contributed by atoms with Crippen molar-refractivity contribution in [1.29, 1.82) is 0 Å². The highest BCUT2D eigenvalue weighted by atomic mass is 19.1. The first-order valence-corrected chi connectivity index (χ1v) is 8.46. The van der Waals surface area contributed by atoms with Gasteiger partial charge < -0.3 is 16.0 Å². The van der Waals surface area contributed by atoms with Gasteiger partial charge in [0, 0.05) is 30.9 Å². The second-order valence-electron chi connectivity index (χ2n) is 6.05. The van der Waals surface area contributed by atoms with Crippen LogP contribution in [0.15, 0.2) is 54.6 Å². The molecule has 3 rings (SSSR count). The number of nitrogens with one attached hydrogen (secondary N) is 3. The minimum Gasteiger partial charge on any atom is -0.366 e. The third-order valence-electron chi connectivity index (χ3n) is 3.68. The van der Waals surface area contributed by atoms with E-state index in [2.05, 4.69) is 25.9 Å². The summed E-state index contributed by atoms with van der Waals surface area (Å²) in [6.45, 7) is 3.79. The third kappa shape index (κ3) is 5.50. The summed E-state index contributed by atoms with van der Waals surface area (Å²) in [5, 5.41) is 9.17. The summed E-state index contributed by atoms with van der Waals surface area (Å²) in [5.41, 5.74) is 2.45. The summed E-state index contributed by atoms with van der Waals surface area (Å²) in [6.07, 6.45) is 0. The summed E-state index contributed by atoms with van der Waals surface area (Å²) in [6, 6.07) is 15.5. The van der Waals surface area contributed by atoms with Crippen LogP contribution in [0.5, 0.6) is 0 Å². The van der Waals surface area contributed by atoms with Crippen LogP contribution in [0.1, 0.15) is 18.3 Å². The zero-order valence-corrected chi connectivity index (χ0v) is 15.1. The smallest absolute Gasteiger partial charge is 0.221 e. The number of hydrogen-bond donors (Lipinski definition) is 3. The number of benzene rings is 2. The van der Waals surface area contributed by atoms with E-state index in [1.165, 1.54) is 19.1 Å². The molecule has 1 heterocycles. The number of carbonyl (C=O) groups excluding carboxylic acids is 1. The number of nitrogens with zero attached hydrogens (tertiary/aromatic N) is 2. The molecule has 6 nitrogen and oxygen atoms in total. The fourth-order valence-corrected chi connectivity index (χ4v) is 2.54. The van der Waals surface area contributed by atoms with Crippen LogP contribution in [0, 0.1) is 12.7 Å². The largest absolute Gasteiger partial charge is 0.366 e.